The normalized spacial score (nSPS) is 12.0. The average molecular weight is 412 g/mol. The summed E-state index contributed by atoms with van der Waals surface area (Å²) in [5, 5.41) is 6.38. The Labute approximate surface area is 174 Å². The molecule has 0 bridgehead atoms. The van der Waals surface area contributed by atoms with Gasteiger partial charge in [0.1, 0.15) is 0 Å². The maximum atomic E-state index is 12.7. The minimum Gasteiger partial charge on any atom is -0.459 e. The standard InChI is InChI=1S/C22H25N3O3S/c1-3-25(4-2)17(16-9-6-5-7-10-16)15-23-22(27)19-12-13-20(29-19)24-21(26)18-11-8-14-28-18/h5-14,17H,3-4,15H2,1-2H3,(H,23,27)(H,24,26). The first-order chi connectivity index (χ1) is 14.1. The SMILES string of the molecule is CCN(CC)C(CNC(=O)c1ccc(NC(=O)c2ccco2)s1)c1ccccc1. The van der Waals surface area contributed by atoms with E-state index >= 15 is 0 Å². The zero-order valence-corrected chi connectivity index (χ0v) is 17.4. The fourth-order valence-electron chi connectivity index (χ4n) is 3.18. The molecule has 7 heteroatoms. The van der Waals surface area contributed by atoms with Gasteiger partial charge in [-0.3, -0.25) is 14.5 Å². The molecule has 2 N–H and O–H groups in total. The van der Waals surface area contributed by atoms with E-state index in [2.05, 4.69) is 41.5 Å². The van der Waals surface area contributed by atoms with Gasteiger partial charge in [0.15, 0.2) is 5.76 Å². The largest absolute Gasteiger partial charge is 0.459 e. The molecule has 3 rings (SSSR count). The van der Waals surface area contributed by atoms with Crippen LogP contribution in [0.15, 0.2) is 65.3 Å². The van der Waals surface area contributed by atoms with Crippen molar-refractivity contribution in [1.82, 2.24) is 10.2 Å². The molecule has 0 spiro atoms. The van der Waals surface area contributed by atoms with Crippen LogP contribution < -0.4 is 10.6 Å². The number of benzene rings is 1. The zero-order chi connectivity index (χ0) is 20.6. The second-order valence-electron chi connectivity index (χ2n) is 6.45. The number of furan rings is 1. The minimum absolute atomic E-state index is 0.105. The van der Waals surface area contributed by atoms with E-state index in [0.717, 1.165) is 13.1 Å². The molecule has 3 aromatic rings. The minimum atomic E-state index is -0.338. The molecule has 152 valence electrons. The third-order valence-corrected chi connectivity index (χ3v) is 5.70. The monoisotopic (exact) mass is 411 g/mol. The first kappa shape index (κ1) is 20.8. The van der Waals surface area contributed by atoms with E-state index in [1.807, 2.05) is 18.2 Å². The molecule has 0 aliphatic carbocycles. The summed E-state index contributed by atoms with van der Waals surface area (Å²) in [6, 6.07) is 17.0. The Bertz CT molecular complexity index is 918. The number of thiophene rings is 1. The maximum absolute atomic E-state index is 12.7. The van der Waals surface area contributed by atoms with E-state index in [9.17, 15) is 9.59 Å². The molecule has 0 saturated carbocycles. The zero-order valence-electron chi connectivity index (χ0n) is 16.6. The second kappa shape index (κ2) is 10.0. The maximum Gasteiger partial charge on any atom is 0.291 e. The number of hydrogen-bond donors (Lipinski definition) is 2. The quantitative estimate of drug-likeness (QED) is 0.547. The molecule has 0 fully saturated rings. The highest BCUT2D eigenvalue weighted by Crippen LogP contribution is 2.24. The van der Waals surface area contributed by atoms with Crippen molar-refractivity contribution in [1.29, 1.82) is 0 Å². The van der Waals surface area contributed by atoms with Gasteiger partial charge in [-0.05, 0) is 42.9 Å². The van der Waals surface area contributed by atoms with Crippen LogP contribution in [0.1, 0.15) is 45.7 Å². The van der Waals surface area contributed by atoms with Gasteiger partial charge in [-0.1, -0.05) is 44.2 Å². The van der Waals surface area contributed by atoms with Crippen LogP contribution in [0.3, 0.4) is 0 Å². The molecule has 0 saturated heterocycles. The van der Waals surface area contributed by atoms with E-state index in [0.29, 0.717) is 16.4 Å². The summed E-state index contributed by atoms with van der Waals surface area (Å²) in [4.78, 5) is 27.6. The number of rotatable bonds is 9. The summed E-state index contributed by atoms with van der Waals surface area (Å²) in [7, 11) is 0. The van der Waals surface area contributed by atoms with E-state index in [1.165, 1.54) is 23.2 Å². The molecule has 1 unspecified atom stereocenters. The first-order valence-electron chi connectivity index (χ1n) is 9.64. The lowest BCUT2D eigenvalue weighted by atomic mass is 10.1. The van der Waals surface area contributed by atoms with Gasteiger partial charge in [0.05, 0.1) is 22.2 Å². The Morgan fingerprint density at radius 2 is 1.76 bits per heavy atom. The summed E-state index contributed by atoms with van der Waals surface area (Å²) in [6.45, 7) is 6.54. The Hall–Kier alpha value is -2.90. The van der Waals surface area contributed by atoms with Gasteiger partial charge in [0, 0.05) is 6.54 Å². The number of carbonyl (C=O) groups excluding carboxylic acids is 2. The van der Waals surface area contributed by atoms with Crippen LogP contribution in [0.5, 0.6) is 0 Å². The third kappa shape index (κ3) is 5.34. The Morgan fingerprint density at radius 1 is 1.00 bits per heavy atom. The lowest BCUT2D eigenvalue weighted by molar-refractivity contribution is 0.0938. The Morgan fingerprint density at radius 3 is 2.41 bits per heavy atom. The third-order valence-electron chi connectivity index (χ3n) is 4.70. The smallest absolute Gasteiger partial charge is 0.291 e. The molecule has 1 aromatic carbocycles. The van der Waals surface area contributed by atoms with Gasteiger partial charge >= 0.3 is 0 Å². The van der Waals surface area contributed by atoms with Crippen LogP contribution >= 0.6 is 11.3 Å². The van der Waals surface area contributed by atoms with E-state index < -0.39 is 0 Å². The number of hydrogen-bond acceptors (Lipinski definition) is 5. The topological polar surface area (TPSA) is 74.6 Å². The molecule has 1 atom stereocenters. The van der Waals surface area contributed by atoms with Gasteiger partial charge in [-0.25, -0.2) is 0 Å². The predicted octanol–water partition coefficient (Wildman–Crippen LogP) is 4.41. The van der Waals surface area contributed by atoms with Crippen molar-refractivity contribution in [3.8, 4) is 0 Å². The highest BCUT2D eigenvalue weighted by atomic mass is 32.1. The van der Waals surface area contributed by atoms with Gasteiger partial charge < -0.3 is 15.1 Å². The molecule has 0 radical (unpaired) electrons. The lowest BCUT2D eigenvalue weighted by Crippen LogP contribution is -2.37. The van der Waals surface area contributed by atoms with Gasteiger partial charge in [-0.2, -0.15) is 0 Å². The molecular weight excluding hydrogens is 386 g/mol. The van der Waals surface area contributed by atoms with Crippen molar-refractivity contribution in [2.75, 3.05) is 25.0 Å². The van der Waals surface area contributed by atoms with Crippen LogP contribution in [0.4, 0.5) is 5.00 Å². The number of carbonyl (C=O) groups is 2. The summed E-state index contributed by atoms with van der Waals surface area (Å²) in [5.41, 5.74) is 1.18. The second-order valence-corrected chi connectivity index (χ2v) is 7.54. The molecule has 2 heterocycles. The number of likely N-dealkylation sites (N-methyl/N-ethyl adjacent to an activating group) is 1. The van der Waals surface area contributed by atoms with Gasteiger partial charge in [0.2, 0.25) is 0 Å². The van der Waals surface area contributed by atoms with E-state index in [4.69, 9.17) is 4.42 Å². The summed E-state index contributed by atoms with van der Waals surface area (Å²) in [5.74, 6) is -0.259. The Balaban J connectivity index is 1.63. The molecule has 29 heavy (non-hydrogen) atoms. The van der Waals surface area contributed by atoms with Crippen molar-refractivity contribution in [2.24, 2.45) is 0 Å². The van der Waals surface area contributed by atoms with Crippen LogP contribution in [-0.4, -0.2) is 36.3 Å². The molecule has 2 amide bonds. The Kier molecular flexibility index (Phi) is 7.21. The van der Waals surface area contributed by atoms with Crippen LogP contribution in [0.2, 0.25) is 0 Å². The van der Waals surface area contributed by atoms with Crippen LogP contribution in [0.25, 0.3) is 0 Å². The molecule has 6 nitrogen and oxygen atoms in total. The summed E-state index contributed by atoms with van der Waals surface area (Å²) >= 11 is 1.23. The predicted molar refractivity (Wildman–Crippen MR) is 115 cm³/mol. The first-order valence-corrected chi connectivity index (χ1v) is 10.5. The molecular formula is C22H25N3O3S. The van der Waals surface area contributed by atoms with Gasteiger partial charge in [0.25, 0.3) is 11.8 Å². The molecule has 2 aromatic heterocycles. The van der Waals surface area contributed by atoms with Crippen LogP contribution in [-0.2, 0) is 0 Å². The van der Waals surface area contributed by atoms with E-state index in [-0.39, 0.29) is 23.6 Å². The number of amides is 2. The van der Waals surface area contributed by atoms with Crippen molar-refractivity contribution >= 4 is 28.2 Å². The molecule has 0 aliphatic rings. The van der Waals surface area contributed by atoms with Crippen molar-refractivity contribution in [3.05, 3.63) is 77.1 Å². The van der Waals surface area contributed by atoms with Crippen LogP contribution in [0, 0.1) is 0 Å². The number of nitrogens with zero attached hydrogens (tertiary/aromatic N) is 1. The summed E-state index contributed by atoms with van der Waals surface area (Å²) in [6.07, 6.45) is 1.45. The molecule has 0 aliphatic heterocycles. The number of anilines is 1. The highest BCUT2D eigenvalue weighted by Gasteiger charge is 2.20. The van der Waals surface area contributed by atoms with Crippen molar-refractivity contribution in [2.45, 2.75) is 19.9 Å². The lowest BCUT2D eigenvalue weighted by Gasteiger charge is -2.30. The van der Waals surface area contributed by atoms with E-state index in [1.54, 1.807) is 24.3 Å². The number of nitrogens with one attached hydrogen (secondary N) is 2. The fraction of sp³-hybridized carbons (Fsp3) is 0.273. The van der Waals surface area contributed by atoms with Crippen molar-refractivity contribution < 1.29 is 14.0 Å². The fourth-order valence-corrected chi connectivity index (χ4v) is 4.00. The van der Waals surface area contributed by atoms with Gasteiger partial charge in [-0.15, -0.1) is 11.3 Å². The average Bonchev–Trinajstić information content (AvgIpc) is 3.44. The summed E-state index contributed by atoms with van der Waals surface area (Å²) < 4.78 is 5.08. The highest BCUT2D eigenvalue weighted by molar-refractivity contribution is 7.18. The van der Waals surface area contributed by atoms with Crippen molar-refractivity contribution in [3.63, 3.8) is 0 Å².